The molecule has 0 aliphatic carbocycles. The van der Waals surface area contributed by atoms with Crippen LogP contribution < -0.4 is 10.1 Å². The van der Waals surface area contributed by atoms with Crippen LogP contribution in [0.3, 0.4) is 0 Å². The Labute approximate surface area is 139 Å². The third-order valence-electron chi connectivity index (χ3n) is 3.77. The van der Waals surface area contributed by atoms with Gasteiger partial charge < -0.3 is 15.2 Å². The standard InChI is InChI=1S/C20H27NO2/c1-16-9-10-20(23-12-6-11-21-15-17(2)22)19(13-16)14-18-7-4-3-5-8-18/h3-5,7-10,13,17,21-22H,6,11-12,14-15H2,1-2H3/p+1/t17-/m1/s1. The Balaban J connectivity index is 1.88. The molecule has 0 aromatic heterocycles. The summed E-state index contributed by atoms with van der Waals surface area (Å²) >= 11 is 0. The van der Waals surface area contributed by atoms with Gasteiger partial charge in [-0.05, 0) is 31.0 Å². The molecule has 0 aliphatic heterocycles. The molecule has 3 nitrogen and oxygen atoms in total. The molecule has 0 heterocycles. The first-order valence-electron chi connectivity index (χ1n) is 8.41. The van der Waals surface area contributed by atoms with Crippen molar-refractivity contribution in [3.63, 3.8) is 0 Å². The first-order chi connectivity index (χ1) is 11.1. The third kappa shape index (κ3) is 6.43. The molecular weight excluding hydrogens is 286 g/mol. The van der Waals surface area contributed by atoms with E-state index in [1.54, 1.807) is 0 Å². The monoisotopic (exact) mass is 314 g/mol. The number of nitrogens with two attached hydrogens (primary N) is 1. The molecule has 0 fully saturated rings. The quantitative estimate of drug-likeness (QED) is 0.698. The van der Waals surface area contributed by atoms with Crippen molar-refractivity contribution in [2.24, 2.45) is 0 Å². The average Bonchev–Trinajstić information content (AvgIpc) is 2.53. The highest BCUT2D eigenvalue weighted by Gasteiger charge is 2.06. The molecule has 0 spiro atoms. The van der Waals surface area contributed by atoms with Crippen LogP contribution in [0.15, 0.2) is 48.5 Å². The number of hydrogen-bond donors (Lipinski definition) is 2. The largest absolute Gasteiger partial charge is 0.493 e. The lowest BCUT2D eigenvalue weighted by atomic mass is 10.0. The molecule has 2 aromatic carbocycles. The lowest BCUT2D eigenvalue weighted by Crippen LogP contribution is -2.86. The molecule has 0 amide bonds. The molecule has 0 bridgehead atoms. The van der Waals surface area contributed by atoms with E-state index in [2.05, 4.69) is 54.7 Å². The van der Waals surface area contributed by atoms with Crippen LogP contribution in [-0.4, -0.2) is 30.9 Å². The van der Waals surface area contributed by atoms with Crippen molar-refractivity contribution in [2.45, 2.75) is 32.8 Å². The topological polar surface area (TPSA) is 46.1 Å². The molecular formula is C20H28NO2+. The van der Waals surface area contributed by atoms with Gasteiger partial charge in [-0.2, -0.15) is 0 Å². The SMILES string of the molecule is Cc1ccc(OCCC[NH2+]C[C@@H](C)O)c(Cc2ccccc2)c1. The van der Waals surface area contributed by atoms with Crippen LogP contribution in [-0.2, 0) is 6.42 Å². The lowest BCUT2D eigenvalue weighted by Gasteiger charge is -2.13. The van der Waals surface area contributed by atoms with E-state index in [0.29, 0.717) is 6.61 Å². The van der Waals surface area contributed by atoms with Gasteiger partial charge in [0, 0.05) is 12.8 Å². The molecule has 0 saturated carbocycles. The van der Waals surface area contributed by atoms with Gasteiger partial charge in [-0.15, -0.1) is 0 Å². The summed E-state index contributed by atoms with van der Waals surface area (Å²) in [4.78, 5) is 0. The molecule has 0 radical (unpaired) electrons. The Bertz CT molecular complexity index is 581. The highest BCUT2D eigenvalue weighted by atomic mass is 16.5. The van der Waals surface area contributed by atoms with Gasteiger partial charge in [0.15, 0.2) is 0 Å². The summed E-state index contributed by atoms with van der Waals surface area (Å²) in [5, 5.41) is 11.4. The van der Waals surface area contributed by atoms with Crippen LogP contribution >= 0.6 is 0 Å². The zero-order valence-electron chi connectivity index (χ0n) is 14.2. The summed E-state index contributed by atoms with van der Waals surface area (Å²) in [6.07, 6.45) is 1.63. The first-order valence-corrected chi connectivity index (χ1v) is 8.41. The highest BCUT2D eigenvalue weighted by Crippen LogP contribution is 2.23. The Hall–Kier alpha value is -1.84. The van der Waals surface area contributed by atoms with Crippen molar-refractivity contribution in [2.75, 3.05) is 19.7 Å². The smallest absolute Gasteiger partial charge is 0.122 e. The molecule has 3 heteroatoms. The maximum absolute atomic E-state index is 9.23. The fourth-order valence-corrected chi connectivity index (χ4v) is 2.57. The Kier molecular flexibility index (Phi) is 7.11. The van der Waals surface area contributed by atoms with Crippen LogP contribution in [0.25, 0.3) is 0 Å². The second kappa shape index (κ2) is 9.33. The molecule has 2 aromatic rings. The van der Waals surface area contributed by atoms with Crippen LogP contribution in [0.2, 0.25) is 0 Å². The summed E-state index contributed by atoms with van der Waals surface area (Å²) in [5.74, 6) is 0.981. The van der Waals surface area contributed by atoms with E-state index in [9.17, 15) is 5.11 Å². The van der Waals surface area contributed by atoms with Crippen LogP contribution in [0, 0.1) is 6.92 Å². The number of ether oxygens (including phenoxy) is 1. The minimum absolute atomic E-state index is 0.245. The van der Waals surface area contributed by atoms with Crippen molar-refractivity contribution < 1.29 is 15.2 Å². The Morgan fingerprint density at radius 3 is 2.65 bits per heavy atom. The molecule has 0 saturated heterocycles. The second-order valence-corrected chi connectivity index (χ2v) is 6.14. The van der Waals surface area contributed by atoms with Crippen LogP contribution in [0.4, 0.5) is 0 Å². The minimum Gasteiger partial charge on any atom is -0.493 e. The number of aliphatic hydroxyl groups excluding tert-OH is 1. The molecule has 1 atom stereocenters. The fraction of sp³-hybridized carbons (Fsp3) is 0.400. The average molecular weight is 314 g/mol. The summed E-state index contributed by atoms with van der Waals surface area (Å²) in [7, 11) is 0. The van der Waals surface area contributed by atoms with Crippen molar-refractivity contribution in [1.29, 1.82) is 0 Å². The second-order valence-electron chi connectivity index (χ2n) is 6.14. The number of benzene rings is 2. The maximum Gasteiger partial charge on any atom is 0.122 e. The minimum atomic E-state index is -0.245. The number of rotatable bonds is 9. The van der Waals surface area contributed by atoms with E-state index in [-0.39, 0.29) is 6.10 Å². The van der Waals surface area contributed by atoms with Crippen molar-refractivity contribution in [1.82, 2.24) is 0 Å². The van der Waals surface area contributed by atoms with E-state index in [1.165, 1.54) is 16.7 Å². The summed E-state index contributed by atoms with van der Waals surface area (Å²) < 4.78 is 5.99. The fourth-order valence-electron chi connectivity index (χ4n) is 2.57. The number of aryl methyl sites for hydroxylation is 1. The highest BCUT2D eigenvalue weighted by molar-refractivity contribution is 5.40. The van der Waals surface area contributed by atoms with Gasteiger partial charge >= 0.3 is 0 Å². The van der Waals surface area contributed by atoms with Crippen molar-refractivity contribution in [3.05, 3.63) is 65.2 Å². The van der Waals surface area contributed by atoms with Gasteiger partial charge in [0.25, 0.3) is 0 Å². The molecule has 124 valence electrons. The molecule has 0 aliphatic rings. The van der Waals surface area contributed by atoms with Gasteiger partial charge in [-0.1, -0.05) is 48.0 Å². The summed E-state index contributed by atoms with van der Waals surface area (Å²) in [5.41, 5.74) is 3.80. The van der Waals surface area contributed by atoms with E-state index < -0.39 is 0 Å². The molecule has 3 N–H and O–H groups in total. The summed E-state index contributed by atoms with van der Waals surface area (Å²) in [6, 6.07) is 16.9. The van der Waals surface area contributed by atoms with Gasteiger partial charge in [-0.25, -0.2) is 0 Å². The van der Waals surface area contributed by atoms with E-state index >= 15 is 0 Å². The molecule has 2 rings (SSSR count). The van der Waals surface area contributed by atoms with Gasteiger partial charge in [-0.3, -0.25) is 0 Å². The normalized spacial score (nSPS) is 12.1. The predicted molar refractivity (Wildman–Crippen MR) is 93.9 cm³/mol. The maximum atomic E-state index is 9.23. The number of quaternary nitrogens is 1. The predicted octanol–water partition coefficient (Wildman–Crippen LogP) is 2.30. The zero-order valence-corrected chi connectivity index (χ0v) is 14.2. The van der Waals surface area contributed by atoms with Crippen molar-refractivity contribution >= 4 is 0 Å². The molecule has 0 unspecified atom stereocenters. The number of aliphatic hydroxyl groups is 1. The Morgan fingerprint density at radius 1 is 1.13 bits per heavy atom. The van der Waals surface area contributed by atoms with Gasteiger partial charge in [0.1, 0.15) is 12.3 Å². The van der Waals surface area contributed by atoms with Crippen molar-refractivity contribution in [3.8, 4) is 5.75 Å². The van der Waals surface area contributed by atoms with E-state index in [0.717, 1.165) is 31.7 Å². The number of hydrogen-bond acceptors (Lipinski definition) is 2. The Morgan fingerprint density at radius 2 is 1.91 bits per heavy atom. The van der Waals surface area contributed by atoms with E-state index in [4.69, 9.17) is 4.74 Å². The summed E-state index contributed by atoms with van der Waals surface area (Å²) in [6.45, 7) is 6.37. The first kappa shape index (κ1) is 17.5. The van der Waals surface area contributed by atoms with Gasteiger partial charge in [0.05, 0.1) is 19.3 Å². The van der Waals surface area contributed by atoms with Crippen LogP contribution in [0.5, 0.6) is 5.75 Å². The molecule has 23 heavy (non-hydrogen) atoms. The zero-order chi connectivity index (χ0) is 16.5. The van der Waals surface area contributed by atoms with E-state index in [1.807, 2.05) is 13.0 Å². The third-order valence-corrected chi connectivity index (χ3v) is 3.77. The lowest BCUT2D eigenvalue weighted by molar-refractivity contribution is -0.660. The van der Waals surface area contributed by atoms with Gasteiger partial charge in [0.2, 0.25) is 0 Å². The van der Waals surface area contributed by atoms with Crippen LogP contribution in [0.1, 0.15) is 30.0 Å².